The second-order valence-corrected chi connectivity index (χ2v) is 8.08. The molecule has 0 saturated carbocycles. The van der Waals surface area contributed by atoms with E-state index in [4.69, 9.17) is 0 Å². The van der Waals surface area contributed by atoms with Gasteiger partial charge in [-0.2, -0.15) is 13.2 Å². The van der Waals surface area contributed by atoms with E-state index in [0.29, 0.717) is 17.8 Å². The summed E-state index contributed by atoms with van der Waals surface area (Å²) < 4.78 is 62.0. The molecule has 0 atom stereocenters. The molecule has 0 unspecified atom stereocenters. The number of hydrogen-bond acceptors (Lipinski definition) is 4. The minimum Gasteiger partial charge on any atom is -0.351 e. The van der Waals surface area contributed by atoms with E-state index in [1.54, 1.807) is 18.2 Å². The number of aromatic nitrogens is 1. The number of hydrogen-bond donors (Lipinski definition) is 1. The number of nitrogens with zero attached hydrogens (tertiary/aromatic N) is 1. The average Bonchev–Trinajstić information content (AvgIpc) is 2.67. The van der Waals surface area contributed by atoms with E-state index in [-0.39, 0.29) is 6.54 Å². The Morgan fingerprint density at radius 2 is 1.71 bits per heavy atom. The summed E-state index contributed by atoms with van der Waals surface area (Å²) in [7, 11) is -3.93. The maximum Gasteiger partial charge on any atom is 0.417 e. The van der Waals surface area contributed by atoms with Gasteiger partial charge in [0.15, 0.2) is 14.9 Å². The molecule has 3 rings (SSSR count). The van der Waals surface area contributed by atoms with Crippen molar-refractivity contribution in [3.63, 3.8) is 0 Å². The summed E-state index contributed by atoms with van der Waals surface area (Å²) in [6.45, 7) is -0.198. The van der Waals surface area contributed by atoms with Crippen LogP contribution in [0, 0.1) is 0 Å². The highest BCUT2D eigenvalue weighted by atomic mass is 32.2. The highest BCUT2D eigenvalue weighted by Gasteiger charge is 2.31. The third kappa shape index (κ3) is 4.48. The van der Waals surface area contributed by atoms with Crippen molar-refractivity contribution in [3.8, 4) is 0 Å². The molecule has 0 aliphatic rings. The van der Waals surface area contributed by atoms with Gasteiger partial charge in [0.05, 0.1) is 11.3 Å². The summed E-state index contributed by atoms with van der Waals surface area (Å²) in [5.74, 6) is -0.925. The fourth-order valence-corrected chi connectivity index (χ4v) is 3.64. The molecule has 146 valence electrons. The predicted octanol–water partition coefficient (Wildman–Crippen LogP) is 3.46. The number of pyridine rings is 1. The molecule has 3 aromatic rings. The zero-order chi connectivity index (χ0) is 20.4. The maximum absolute atomic E-state index is 12.5. The fourth-order valence-electron chi connectivity index (χ4n) is 2.57. The number of nitrogens with one attached hydrogen (secondary N) is 1. The number of fused-ring (bicyclic) bond motifs is 1. The first-order valence-electron chi connectivity index (χ1n) is 8.20. The van der Waals surface area contributed by atoms with Gasteiger partial charge in [-0.05, 0) is 35.0 Å². The standard InChI is InChI=1S/C19H15F3N2O3S/c20-19(21,22)16-7-8-17(24-12-16)28(26,27)10-9-23-18(25)15-6-5-13-3-1-2-4-14(13)11-15/h1-8,11-12H,9-10H2,(H,23,25). The van der Waals surface area contributed by atoms with Gasteiger partial charge in [-0.3, -0.25) is 4.79 Å². The molecule has 0 aliphatic heterocycles. The monoisotopic (exact) mass is 408 g/mol. The summed E-state index contributed by atoms with van der Waals surface area (Å²) in [5.41, 5.74) is -0.653. The first kappa shape index (κ1) is 19.8. The van der Waals surface area contributed by atoms with Crippen molar-refractivity contribution in [1.82, 2.24) is 10.3 Å². The van der Waals surface area contributed by atoms with Crippen molar-refractivity contribution in [2.75, 3.05) is 12.3 Å². The van der Waals surface area contributed by atoms with Crippen molar-refractivity contribution in [2.45, 2.75) is 11.2 Å². The number of halogens is 3. The molecule has 1 amide bonds. The molecular formula is C19H15F3N2O3S. The molecule has 0 spiro atoms. The molecule has 1 heterocycles. The van der Waals surface area contributed by atoms with E-state index in [1.807, 2.05) is 24.3 Å². The van der Waals surface area contributed by atoms with Gasteiger partial charge in [0.2, 0.25) is 0 Å². The van der Waals surface area contributed by atoms with Gasteiger partial charge in [-0.15, -0.1) is 0 Å². The van der Waals surface area contributed by atoms with Crippen molar-refractivity contribution in [2.24, 2.45) is 0 Å². The number of benzene rings is 2. The molecule has 0 saturated heterocycles. The van der Waals surface area contributed by atoms with Crippen LogP contribution in [-0.4, -0.2) is 31.6 Å². The quantitative estimate of drug-likeness (QED) is 0.702. The highest BCUT2D eigenvalue weighted by molar-refractivity contribution is 7.91. The SMILES string of the molecule is O=C(NCCS(=O)(=O)c1ccc(C(F)(F)F)cn1)c1ccc2ccccc2c1. The summed E-state index contributed by atoms with van der Waals surface area (Å²) in [6, 6.07) is 14.0. The minimum atomic E-state index is -4.59. The highest BCUT2D eigenvalue weighted by Crippen LogP contribution is 2.28. The second kappa shape index (κ2) is 7.59. The summed E-state index contributed by atoms with van der Waals surface area (Å²) in [4.78, 5) is 15.6. The third-order valence-corrected chi connectivity index (χ3v) is 5.67. The lowest BCUT2D eigenvalue weighted by molar-refractivity contribution is -0.137. The maximum atomic E-state index is 12.5. The third-order valence-electron chi connectivity index (χ3n) is 4.05. The Morgan fingerprint density at radius 3 is 2.36 bits per heavy atom. The molecule has 0 radical (unpaired) electrons. The second-order valence-electron chi connectivity index (χ2n) is 6.02. The van der Waals surface area contributed by atoms with Crippen LogP contribution in [-0.2, 0) is 16.0 Å². The van der Waals surface area contributed by atoms with Crippen LogP contribution in [0.3, 0.4) is 0 Å². The number of sulfone groups is 1. The lowest BCUT2D eigenvalue weighted by atomic mass is 10.1. The number of amides is 1. The molecule has 1 N–H and O–H groups in total. The van der Waals surface area contributed by atoms with Crippen LogP contribution >= 0.6 is 0 Å². The fraction of sp³-hybridized carbons (Fsp3) is 0.158. The zero-order valence-corrected chi connectivity index (χ0v) is 15.2. The molecule has 2 aromatic carbocycles. The molecule has 0 aliphatic carbocycles. The lowest BCUT2D eigenvalue weighted by Crippen LogP contribution is -2.29. The van der Waals surface area contributed by atoms with Crippen LogP contribution < -0.4 is 5.32 Å². The molecule has 1 aromatic heterocycles. The van der Waals surface area contributed by atoms with Gasteiger partial charge in [-0.25, -0.2) is 13.4 Å². The Balaban J connectivity index is 1.63. The molecule has 28 heavy (non-hydrogen) atoms. The largest absolute Gasteiger partial charge is 0.417 e. The summed E-state index contributed by atoms with van der Waals surface area (Å²) >= 11 is 0. The summed E-state index contributed by atoms with van der Waals surface area (Å²) in [6.07, 6.45) is -4.12. The van der Waals surface area contributed by atoms with Gasteiger partial charge < -0.3 is 5.32 Å². The van der Waals surface area contributed by atoms with Gasteiger partial charge in [0.25, 0.3) is 5.91 Å². The number of rotatable bonds is 5. The van der Waals surface area contributed by atoms with Crippen LogP contribution in [0.15, 0.2) is 65.8 Å². The molecule has 5 nitrogen and oxygen atoms in total. The molecular weight excluding hydrogens is 393 g/mol. The van der Waals surface area contributed by atoms with Gasteiger partial charge >= 0.3 is 6.18 Å². The van der Waals surface area contributed by atoms with E-state index in [9.17, 15) is 26.4 Å². The molecule has 9 heteroatoms. The van der Waals surface area contributed by atoms with Crippen LogP contribution in [0.5, 0.6) is 0 Å². The smallest absolute Gasteiger partial charge is 0.351 e. The van der Waals surface area contributed by atoms with Gasteiger partial charge in [0.1, 0.15) is 0 Å². The van der Waals surface area contributed by atoms with Gasteiger partial charge in [0, 0.05) is 18.3 Å². The Labute approximate surface area is 159 Å². The number of carbonyl (C=O) groups excluding carboxylic acids is 1. The summed E-state index contributed by atoms with van der Waals surface area (Å²) in [5, 5.41) is 3.87. The Bertz CT molecular complexity index is 1110. The topological polar surface area (TPSA) is 76.1 Å². The van der Waals surface area contributed by atoms with E-state index >= 15 is 0 Å². The van der Waals surface area contributed by atoms with E-state index in [0.717, 1.165) is 16.8 Å². The first-order chi connectivity index (χ1) is 13.2. The van der Waals surface area contributed by atoms with Gasteiger partial charge in [-0.1, -0.05) is 30.3 Å². The number of alkyl halides is 3. The van der Waals surface area contributed by atoms with E-state index < -0.39 is 38.3 Å². The number of carbonyl (C=O) groups is 1. The predicted molar refractivity (Wildman–Crippen MR) is 97.6 cm³/mol. The Morgan fingerprint density at radius 1 is 1.00 bits per heavy atom. The molecule has 0 bridgehead atoms. The van der Waals surface area contributed by atoms with Crippen molar-refractivity contribution >= 4 is 26.5 Å². The Kier molecular flexibility index (Phi) is 5.37. The van der Waals surface area contributed by atoms with Crippen molar-refractivity contribution in [3.05, 3.63) is 71.9 Å². The molecule has 0 fully saturated rings. The van der Waals surface area contributed by atoms with Crippen LogP contribution in [0.2, 0.25) is 0 Å². The minimum absolute atomic E-state index is 0.198. The van der Waals surface area contributed by atoms with E-state index in [1.165, 1.54) is 0 Å². The first-order valence-corrected chi connectivity index (χ1v) is 9.85. The van der Waals surface area contributed by atoms with Crippen molar-refractivity contribution in [1.29, 1.82) is 0 Å². The van der Waals surface area contributed by atoms with Crippen LogP contribution in [0.25, 0.3) is 10.8 Å². The normalized spacial score (nSPS) is 12.1. The van der Waals surface area contributed by atoms with E-state index in [2.05, 4.69) is 10.3 Å². The zero-order valence-electron chi connectivity index (χ0n) is 14.4. The van der Waals surface area contributed by atoms with Crippen molar-refractivity contribution < 1.29 is 26.4 Å². The average molecular weight is 408 g/mol. The van der Waals surface area contributed by atoms with Crippen LogP contribution in [0.1, 0.15) is 15.9 Å². The van der Waals surface area contributed by atoms with Crippen LogP contribution in [0.4, 0.5) is 13.2 Å². The Hall–Kier alpha value is -2.94. The lowest BCUT2D eigenvalue weighted by Gasteiger charge is -2.09.